The second kappa shape index (κ2) is 14.0. The summed E-state index contributed by atoms with van der Waals surface area (Å²) in [5, 5.41) is 0. The van der Waals surface area contributed by atoms with Gasteiger partial charge in [-0.25, -0.2) is 0 Å². The van der Waals surface area contributed by atoms with Crippen LogP contribution in [0.25, 0.3) is 0 Å². The van der Waals surface area contributed by atoms with Crippen molar-refractivity contribution in [3.05, 3.63) is 0 Å². The molecule has 1 radical (unpaired) electrons. The molecule has 0 aromatic rings. The van der Waals surface area contributed by atoms with Gasteiger partial charge >= 0.3 is 0 Å². The molecule has 0 atom stereocenters. The van der Waals surface area contributed by atoms with Gasteiger partial charge in [0.1, 0.15) is 0 Å². The number of hydrogen-bond donors (Lipinski definition) is 0. The normalized spacial score (nSPS) is 9.50. The minimum Gasteiger partial charge on any atom is -0.381 e. The van der Waals surface area contributed by atoms with Gasteiger partial charge in [0.25, 0.3) is 0 Å². The van der Waals surface area contributed by atoms with E-state index in [1.165, 1.54) is 38.5 Å². The molecule has 0 aromatic heterocycles. The molecule has 1 nitrogen and oxygen atoms in total. The van der Waals surface area contributed by atoms with Crippen molar-refractivity contribution in [1.29, 1.82) is 0 Å². The topological polar surface area (TPSA) is 9.23 Å². The largest absolute Gasteiger partial charge is 0.381 e. The Bertz CT molecular complexity index is 58.9. The van der Waals surface area contributed by atoms with Gasteiger partial charge in [0.05, 0.1) is 0 Å². The summed E-state index contributed by atoms with van der Waals surface area (Å²) < 4.78 is 5.44. The number of rotatable bonds is 8. The zero-order valence-corrected chi connectivity index (χ0v) is 9.44. The summed E-state index contributed by atoms with van der Waals surface area (Å²) in [6, 6.07) is 0. The van der Waals surface area contributed by atoms with Crippen LogP contribution in [0.5, 0.6) is 0 Å². The van der Waals surface area contributed by atoms with Crippen LogP contribution < -0.4 is 0 Å². The number of unbranched alkanes of at least 4 members (excludes halogenated alkanes) is 4. The Morgan fingerprint density at radius 2 is 1.17 bits per heavy atom. The molecule has 0 saturated heterocycles. The van der Waals surface area contributed by atoms with E-state index in [1.807, 2.05) is 0 Å². The van der Waals surface area contributed by atoms with E-state index in [1.54, 1.807) is 0 Å². The van der Waals surface area contributed by atoms with Crippen LogP contribution in [0.15, 0.2) is 0 Å². The van der Waals surface area contributed by atoms with E-state index in [2.05, 4.69) is 13.8 Å². The molecule has 0 aromatic carbocycles. The summed E-state index contributed by atoms with van der Waals surface area (Å²) >= 11 is 0. The SMILES string of the molecule is CCCCCOCCCCC.[Co]. The summed E-state index contributed by atoms with van der Waals surface area (Å²) in [5.41, 5.74) is 0. The van der Waals surface area contributed by atoms with Crippen LogP contribution in [-0.4, -0.2) is 13.2 Å². The summed E-state index contributed by atoms with van der Waals surface area (Å²) in [5.74, 6) is 0. The molecule has 0 spiro atoms. The van der Waals surface area contributed by atoms with E-state index in [-0.39, 0.29) is 16.8 Å². The fourth-order valence-corrected chi connectivity index (χ4v) is 1.01. The van der Waals surface area contributed by atoms with Gasteiger partial charge in [0, 0.05) is 30.0 Å². The molecule has 0 aliphatic carbocycles. The maximum absolute atomic E-state index is 5.44. The van der Waals surface area contributed by atoms with E-state index in [4.69, 9.17) is 4.74 Å². The van der Waals surface area contributed by atoms with Gasteiger partial charge in [0.2, 0.25) is 0 Å². The number of hydrogen-bond acceptors (Lipinski definition) is 1. The van der Waals surface area contributed by atoms with E-state index >= 15 is 0 Å². The first-order valence-corrected chi connectivity index (χ1v) is 4.99. The molecule has 0 aliphatic rings. The maximum atomic E-state index is 5.44. The molecule has 0 aliphatic heterocycles. The summed E-state index contributed by atoms with van der Waals surface area (Å²) in [4.78, 5) is 0. The van der Waals surface area contributed by atoms with Gasteiger partial charge in [-0.1, -0.05) is 39.5 Å². The van der Waals surface area contributed by atoms with Gasteiger partial charge in [-0.2, -0.15) is 0 Å². The Labute approximate surface area is 87.5 Å². The minimum atomic E-state index is 0. The van der Waals surface area contributed by atoms with Crippen molar-refractivity contribution in [3.63, 3.8) is 0 Å². The van der Waals surface area contributed by atoms with E-state index in [0.29, 0.717) is 0 Å². The van der Waals surface area contributed by atoms with Crippen LogP contribution >= 0.6 is 0 Å². The first kappa shape index (κ1) is 15.0. The second-order valence-electron chi connectivity index (χ2n) is 3.03. The van der Waals surface area contributed by atoms with E-state index < -0.39 is 0 Å². The Morgan fingerprint density at radius 1 is 0.750 bits per heavy atom. The fourth-order valence-electron chi connectivity index (χ4n) is 1.01. The van der Waals surface area contributed by atoms with Gasteiger partial charge in [-0.05, 0) is 12.8 Å². The summed E-state index contributed by atoms with van der Waals surface area (Å²) in [6.07, 6.45) is 7.68. The Balaban J connectivity index is 0. The molecule has 12 heavy (non-hydrogen) atoms. The first-order valence-electron chi connectivity index (χ1n) is 4.99. The van der Waals surface area contributed by atoms with Gasteiger partial charge in [-0.15, -0.1) is 0 Å². The molecule has 0 N–H and O–H groups in total. The smallest absolute Gasteiger partial charge is 0.0466 e. The zero-order chi connectivity index (χ0) is 8.36. The monoisotopic (exact) mass is 217 g/mol. The molecule has 2 heteroatoms. The first-order chi connectivity index (χ1) is 5.41. The molecule has 0 heterocycles. The van der Waals surface area contributed by atoms with Gasteiger partial charge < -0.3 is 4.74 Å². The van der Waals surface area contributed by atoms with Crippen molar-refractivity contribution in [3.8, 4) is 0 Å². The molecule has 0 saturated carbocycles. The van der Waals surface area contributed by atoms with Crippen molar-refractivity contribution < 1.29 is 21.5 Å². The van der Waals surface area contributed by atoms with Gasteiger partial charge in [0.15, 0.2) is 0 Å². The van der Waals surface area contributed by atoms with Crippen LogP contribution in [0.3, 0.4) is 0 Å². The predicted octanol–water partition coefficient (Wildman–Crippen LogP) is 3.38. The second-order valence-corrected chi connectivity index (χ2v) is 3.03. The van der Waals surface area contributed by atoms with Crippen LogP contribution in [0.2, 0.25) is 0 Å². The van der Waals surface area contributed by atoms with Crippen molar-refractivity contribution in [2.24, 2.45) is 0 Å². The standard InChI is InChI=1S/C10H22O.Co/c1-3-5-7-9-11-10-8-6-4-2;/h3-10H2,1-2H3;. The molecule has 0 fully saturated rings. The predicted molar refractivity (Wildman–Crippen MR) is 49.9 cm³/mol. The van der Waals surface area contributed by atoms with Crippen LogP contribution in [0, 0.1) is 0 Å². The third-order valence-electron chi connectivity index (χ3n) is 1.78. The Morgan fingerprint density at radius 3 is 1.50 bits per heavy atom. The van der Waals surface area contributed by atoms with Crippen LogP contribution in [-0.2, 0) is 21.5 Å². The van der Waals surface area contributed by atoms with E-state index in [9.17, 15) is 0 Å². The fraction of sp³-hybridized carbons (Fsp3) is 1.00. The third-order valence-corrected chi connectivity index (χ3v) is 1.78. The Kier molecular flexibility index (Phi) is 17.5. The average Bonchev–Trinajstić information content (AvgIpc) is 2.03. The quantitative estimate of drug-likeness (QED) is 0.566. The summed E-state index contributed by atoms with van der Waals surface area (Å²) in [6.45, 7) is 6.38. The average molecular weight is 217 g/mol. The molecule has 0 amide bonds. The minimum absolute atomic E-state index is 0. The van der Waals surface area contributed by atoms with E-state index in [0.717, 1.165) is 13.2 Å². The maximum Gasteiger partial charge on any atom is 0.0466 e. The zero-order valence-electron chi connectivity index (χ0n) is 8.40. The summed E-state index contributed by atoms with van der Waals surface area (Å²) in [7, 11) is 0. The van der Waals surface area contributed by atoms with Crippen molar-refractivity contribution >= 4 is 0 Å². The van der Waals surface area contributed by atoms with Gasteiger partial charge in [-0.3, -0.25) is 0 Å². The van der Waals surface area contributed by atoms with Crippen LogP contribution in [0.4, 0.5) is 0 Å². The molecular formula is C10H22CoO. The molecular weight excluding hydrogens is 195 g/mol. The molecule has 77 valence electrons. The third kappa shape index (κ3) is 13.1. The molecule has 0 rings (SSSR count). The molecule has 0 unspecified atom stereocenters. The van der Waals surface area contributed by atoms with Crippen molar-refractivity contribution in [2.45, 2.75) is 52.4 Å². The van der Waals surface area contributed by atoms with Crippen molar-refractivity contribution in [2.75, 3.05) is 13.2 Å². The number of ether oxygens (including phenoxy) is 1. The molecule has 0 bridgehead atoms. The Hall–Kier alpha value is 0.466. The van der Waals surface area contributed by atoms with Crippen molar-refractivity contribution in [1.82, 2.24) is 0 Å². The van der Waals surface area contributed by atoms with Crippen LogP contribution in [0.1, 0.15) is 52.4 Å².